The molecule has 1 spiro atoms. The van der Waals surface area contributed by atoms with Gasteiger partial charge >= 0.3 is 0 Å². The average Bonchev–Trinajstić information content (AvgIpc) is 3.51. The van der Waals surface area contributed by atoms with Gasteiger partial charge in [-0.15, -0.1) is 34.0 Å². The SMILES string of the molecule is N#CC(C#N)=Cc1cc2c(s1)-c1sc3cc(C=C(C#N)C#N)sc3c1C21CCCCC1. The molecule has 0 aromatic carbocycles. The average molecular weight is 455 g/mol. The molecule has 4 nitrogen and oxygen atoms in total. The number of rotatable bonds is 2. The third-order valence-corrected chi connectivity index (χ3v) is 9.71. The van der Waals surface area contributed by atoms with E-state index < -0.39 is 0 Å². The maximum atomic E-state index is 9.15. The smallest absolute Gasteiger partial charge is 0.131 e. The Morgan fingerprint density at radius 1 is 0.774 bits per heavy atom. The molecule has 0 unspecified atom stereocenters. The lowest BCUT2D eigenvalue weighted by Crippen LogP contribution is -2.27. The molecule has 3 aromatic rings. The van der Waals surface area contributed by atoms with Crippen LogP contribution >= 0.6 is 34.0 Å². The zero-order valence-corrected chi connectivity index (χ0v) is 18.8. The zero-order valence-electron chi connectivity index (χ0n) is 16.4. The van der Waals surface area contributed by atoms with Gasteiger partial charge in [-0.25, -0.2) is 0 Å². The van der Waals surface area contributed by atoms with Crippen LogP contribution in [0, 0.1) is 45.3 Å². The first kappa shape index (κ1) is 19.7. The van der Waals surface area contributed by atoms with E-state index in [4.69, 9.17) is 21.0 Å². The fourth-order valence-corrected chi connectivity index (χ4v) is 8.99. The van der Waals surface area contributed by atoms with E-state index in [0.29, 0.717) is 0 Å². The molecule has 7 heteroatoms. The van der Waals surface area contributed by atoms with Gasteiger partial charge in [-0.3, -0.25) is 0 Å². The summed E-state index contributed by atoms with van der Waals surface area (Å²) in [6.07, 6.45) is 9.20. The summed E-state index contributed by atoms with van der Waals surface area (Å²) >= 11 is 5.12. The first-order chi connectivity index (χ1) is 15.1. The summed E-state index contributed by atoms with van der Waals surface area (Å²) in [4.78, 5) is 4.50. The van der Waals surface area contributed by atoms with E-state index in [9.17, 15) is 0 Å². The Kier molecular flexibility index (Phi) is 4.77. The van der Waals surface area contributed by atoms with E-state index in [1.165, 1.54) is 49.5 Å². The summed E-state index contributed by atoms with van der Waals surface area (Å²) in [6, 6.07) is 12.1. The summed E-state index contributed by atoms with van der Waals surface area (Å²) in [6.45, 7) is 0. The van der Waals surface area contributed by atoms with Crippen molar-refractivity contribution < 1.29 is 0 Å². The predicted octanol–water partition coefficient (Wildman–Crippen LogP) is 7.12. The molecule has 0 aliphatic heterocycles. The monoisotopic (exact) mass is 454 g/mol. The van der Waals surface area contributed by atoms with Crippen LogP contribution in [0.25, 0.3) is 31.3 Å². The van der Waals surface area contributed by atoms with Gasteiger partial charge in [0.1, 0.15) is 35.4 Å². The minimum absolute atomic E-state index is 0.0116. The molecule has 148 valence electrons. The minimum Gasteiger partial charge on any atom is -0.192 e. The third-order valence-electron chi connectivity index (χ3n) is 6.10. The highest BCUT2D eigenvalue weighted by Crippen LogP contribution is 2.63. The number of fused-ring (bicyclic) bond motifs is 7. The molecule has 3 aromatic heterocycles. The van der Waals surface area contributed by atoms with Gasteiger partial charge in [-0.2, -0.15) is 21.0 Å². The van der Waals surface area contributed by atoms with E-state index in [1.807, 2.05) is 24.3 Å². The molecule has 1 saturated carbocycles. The van der Waals surface area contributed by atoms with E-state index >= 15 is 0 Å². The maximum Gasteiger partial charge on any atom is 0.131 e. The number of allylic oxidation sites excluding steroid dienone is 2. The molecule has 0 bridgehead atoms. The van der Waals surface area contributed by atoms with E-state index in [0.717, 1.165) is 22.6 Å². The molecule has 5 rings (SSSR count). The summed E-state index contributed by atoms with van der Waals surface area (Å²) in [7, 11) is 0. The molecular weight excluding hydrogens is 440 g/mol. The number of hydrogen-bond acceptors (Lipinski definition) is 7. The molecule has 31 heavy (non-hydrogen) atoms. The largest absolute Gasteiger partial charge is 0.192 e. The Morgan fingerprint density at radius 3 is 2.00 bits per heavy atom. The summed E-state index contributed by atoms with van der Waals surface area (Å²) in [5.74, 6) is 0. The normalized spacial score (nSPS) is 15.2. The third kappa shape index (κ3) is 2.95. The van der Waals surface area contributed by atoms with Crippen LogP contribution in [-0.4, -0.2) is 0 Å². The quantitative estimate of drug-likeness (QED) is 0.385. The standard InChI is InChI=1S/C24H14N4S3/c25-10-14(11-26)6-16-8-18-21(29-16)23-20(24(18)4-2-1-3-5-24)22-19(31-23)9-17(30-22)7-15(12-27)13-28/h6-9H,1-5H2. The van der Waals surface area contributed by atoms with Crippen molar-refractivity contribution in [2.75, 3.05) is 0 Å². The maximum absolute atomic E-state index is 9.15. The Labute approximate surface area is 191 Å². The molecule has 2 aliphatic carbocycles. The Hall–Kier alpha value is -3.20. The highest BCUT2D eigenvalue weighted by molar-refractivity contribution is 7.32. The molecule has 0 saturated heterocycles. The van der Waals surface area contributed by atoms with Gasteiger partial charge in [0, 0.05) is 30.3 Å². The van der Waals surface area contributed by atoms with Gasteiger partial charge in [-0.05, 0) is 42.7 Å². The Morgan fingerprint density at radius 2 is 1.39 bits per heavy atom. The lowest BCUT2D eigenvalue weighted by molar-refractivity contribution is 0.356. The van der Waals surface area contributed by atoms with Crippen LogP contribution in [0.15, 0.2) is 23.3 Å². The van der Waals surface area contributed by atoms with Crippen LogP contribution in [0.5, 0.6) is 0 Å². The first-order valence-electron chi connectivity index (χ1n) is 9.89. The van der Waals surface area contributed by atoms with Gasteiger partial charge < -0.3 is 0 Å². The molecule has 0 atom stereocenters. The van der Waals surface area contributed by atoms with Crippen molar-refractivity contribution in [2.24, 2.45) is 0 Å². The minimum atomic E-state index is -0.0116. The van der Waals surface area contributed by atoms with Gasteiger partial charge in [0.15, 0.2) is 0 Å². The van der Waals surface area contributed by atoms with Crippen molar-refractivity contribution in [3.63, 3.8) is 0 Å². The predicted molar refractivity (Wildman–Crippen MR) is 125 cm³/mol. The van der Waals surface area contributed by atoms with E-state index in [1.54, 1.807) is 46.2 Å². The number of hydrogen-bond donors (Lipinski definition) is 0. The summed E-state index contributed by atoms with van der Waals surface area (Å²) in [5, 5.41) is 36.5. The molecule has 3 heterocycles. The number of nitriles is 4. The van der Waals surface area contributed by atoms with Crippen LogP contribution in [-0.2, 0) is 5.41 Å². The van der Waals surface area contributed by atoms with Gasteiger partial charge in [-0.1, -0.05) is 19.3 Å². The second-order valence-electron chi connectivity index (χ2n) is 7.75. The van der Waals surface area contributed by atoms with Crippen molar-refractivity contribution in [3.05, 3.63) is 44.2 Å². The van der Waals surface area contributed by atoms with Gasteiger partial charge in [0.05, 0.1) is 9.58 Å². The van der Waals surface area contributed by atoms with E-state index in [-0.39, 0.29) is 16.6 Å². The molecule has 0 radical (unpaired) electrons. The highest BCUT2D eigenvalue weighted by atomic mass is 32.1. The molecule has 1 fully saturated rings. The second-order valence-corrected chi connectivity index (χ2v) is 11.0. The van der Waals surface area contributed by atoms with Crippen molar-refractivity contribution in [1.82, 2.24) is 0 Å². The lowest BCUT2D eigenvalue weighted by Gasteiger charge is -2.35. The molecular formula is C24H14N4S3. The Bertz CT molecular complexity index is 1430. The van der Waals surface area contributed by atoms with Crippen LogP contribution in [0.2, 0.25) is 0 Å². The fourth-order valence-electron chi connectivity index (χ4n) is 4.85. The van der Waals surface area contributed by atoms with Gasteiger partial charge in [0.2, 0.25) is 0 Å². The van der Waals surface area contributed by atoms with Crippen LogP contribution in [0.3, 0.4) is 0 Å². The number of thiophene rings is 3. The van der Waals surface area contributed by atoms with Crippen molar-refractivity contribution in [1.29, 1.82) is 21.0 Å². The van der Waals surface area contributed by atoms with Crippen molar-refractivity contribution in [2.45, 2.75) is 37.5 Å². The van der Waals surface area contributed by atoms with Crippen LogP contribution in [0.1, 0.15) is 53.0 Å². The lowest BCUT2D eigenvalue weighted by atomic mass is 9.68. The van der Waals surface area contributed by atoms with Gasteiger partial charge in [0.25, 0.3) is 0 Å². The van der Waals surface area contributed by atoms with E-state index in [2.05, 4.69) is 12.1 Å². The summed E-state index contributed by atoms with van der Waals surface area (Å²) in [5.41, 5.74) is 3.01. The van der Waals surface area contributed by atoms with Crippen molar-refractivity contribution >= 4 is 55.6 Å². The second kappa shape index (κ2) is 7.49. The first-order valence-corrected chi connectivity index (χ1v) is 12.3. The molecule has 2 aliphatic rings. The highest BCUT2D eigenvalue weighted by Gasteiger charge is 2.47. The topological polar surface area (TPSA) is 95.2 Å². The van der Waals surface area contributed by atoms with Crippen LogP contribution < -0.4 is 0 Å². The zero-order chi connectivity index (χ0) is 21.6. The van der Waals surface area contributed by atoms with Crippen molar-refractivity contribution in [3.8, 4) is 34.0 Å². The summed E-state index contributed by atoms with van der Waals surface area (Å²) < 4.78 is 2.48. The Balaban J connectivity index is 1.71. The fraction of sp³-hybridized carbons (Fsp3) is 0.250. The number of nitrogens with zero attached hydrogens (tertiary/aromatic N) is 4. The molecule has 0 amide bonds. The molecule has 0 N–H and O–H groups in total. The van der Waals surface area contributed by atoms with Crippen LogP contribution in [0.4, 0.5) is 0 Å².